The van der Waals surface area contributed by atoms with Gasteiger partial charge in [-0.25, -0.2) is 4.98 Å². The minimum atomic E-state index is -0.444. The number of primary amides is 1. The van der Waals surface area contributed by atoms with Crippen molar-refractivity contribution in [3.63, 3.8) is 0 Å². The van der Waals surface area contributed by atoms with Gasteiger partial charge in [-0.15, -0.1) is 0 Å². The summed E-state index contributed by atoms with van der Waals surface area (Å²) >= 11 is 0. The molecule has 0 radical (unpaired) electrons. The van der Waals surface area contributed by atoms with Crippen molar-refractivity contribution in [1.29, 1.82) is 0 Å². The number of hydrogen-bond donors (Lipinski definition) is 2. The third-order valence-electron chi connectivity index (χ3n) is 3.25. The van der Waals surface area contributed by atoms with Crippen LogP contribution in [0.25, 0.3) is 0 Å². The zero-order valence-electron chi connectivity index (χ0n) is 10.0. The van der Waals surface area contributed by atoms with E-state index >= 15 is 0 Å². The Morgan fingerprint density at radius 1 is 1.71 bits per heavy atom. The summed E-state index contributed by atoms with van der Waals surface area (Å²) in [6.45, 7) is 1.94. The van der Waals surface area contributed by atoms with Crippen molar-refractivity contribution in [2.75, 3.05) is 25.5 Å². The van der Waals surface area contributed by atoms with Gasteiger partial charge in [-0.3, -0.25) is 4.79 Å². The number of nitrogens with zero attached hydrogens (tertiary/aromatic N) is 2. The molecule has 1 unspecified atom stereocenters. The van der Waals surface area contributed by atoms with Crippen molar-refractivity contribution in [2.24, 2.45) is 5.73 Å². The molecule has 17 heavy (non-hydrogen) atoms. The van der Waals surface area contributed by atoms with Gasteiger partial charge >= 0.3 is 0 Å². The third-order valence-corrected chi connectivity index (χ3v) is 3.25. The molecule has 1 fully saturated rings. The van der Waals surface area contributed by atoms with Crippen molar-refractivity contribution >= 4 is 11.7 Å². The molecule has 5 heteroatoms. The number of likely N-dealkylation sites (N-methyl/N-ethyl adjacent to an activating group) is 1. The fourth-order valence-corrected chi connectivity index (χ4v) is 2.20. The summed E-state index contributed by atoms with van der Waals surface area (Å²) < 4.78 is 0. The van der Waals surface area contributed by atoms with Gasteiger partial charge < -0.3 is 16.0 Å². The molecule has 1 aromatic rings. The minimum Gasteiger partial charge on any atom is -0.368 e. The number of aromatic nitrogens is 1. The highest BCUT2D eigenvalue weighted by Gasteiger charge is 2.21. The Kier molecular flexibility index (Phi) is 3.58. The molecule has 0 aliphatic carbocycles. The average Bonchev–Trinajstić information content (AvgIpc) is 2.72. The average molecular weight is 234 g/mol. The molecular weight excluding hydrogens is 216 g/mol. The molecule has 0 saturated carbocycles. The smallest absolute Gasteiger partial charge is 0.252 e. The number of nitrogens with two attached hydrogens (primary N) is 1. The Bertz CT molecular complexity index is 407. The second kappa shape index (κ2) is 5.14. The topological polar surface area (TPSA) is 71.2 Å². The lowest BCUT2D eigenvalue weighted by Crippen LogP contribution is -2.32. The number of carbonyl (C=O) groups is 1. The summed E-state index contributed by atoms with van der Waals surface area (Å²) in [7, 11) is 2.12. The number of pyridine rings is 1. The van der Waals surface area contributed by atoms with E-state index < -0.39 is 5.91 Å². The van der Waals surface area contributed by atoms with Gasteiger partial charge in [0.05, 0.1) is 5.56 Å². The Hall–Kier alpha value is -1.62. The molecule has 3 N–H and O–H groups in total. The first-order chi connectivity index (χ1) is 8.18. The molecule has 2 rings (SSSR count). The highest BCUT2D eigenvalue weighted by atomic mass is 16.1. The molecule has 1 aliphatic rings. The van der Waals surface area contributed by atoms with Crippen LogP contribution in [0.2, 0.25) is 0 Å². The lowest BCUT2D eigenvalue weighted by Gasteiger charge is -2.20. The van der Waals surface area contributed by atoms with Gasteiger partial charge in [0, 0.05) is 18.8 Å². The molecule has 1 amide bonds. The van der Waals surface area contributed by atoms with E-state index in [1.807, 2.05) is 0 Å². The maximum atomic E-state index is 11.2. The van der Waals surface area contributed by atoms with E-state index in [-0.39, 0.29) is 0 Å². The van der Waals surface area contributed by atoms with E-state index in [2.05, 4.69) is 22.2 Å². The van der Waals surface area contributed by atoms with E-state index in [9.17, 15) is 4.79 Å². The standard InChI is InChI=1S/C12H18N4O/c1-16-7-3-4-9(16)8-15-12-10(11(13)17)5-2-6-14-12/h2,5-6,9H,3-4,7-8H2,1H3,(H2,13,17)(H,14,15). The van der Waals surface area contributed by atoms with Gasteiger partial charge in [0.25, 0.3) is 5.91 Å². The molecule has 1 aromatic heterocycles. The summed E-state index contributed by atoms with van der Waals surface area (Å²) in [6.07, 6.45) is 4.07. The maximum Gasteiger partial charge on any atom is 0.252 e. The van der Waals surface area contributed by atoms with Crippen molar-refractivity contribution in [3.8, 4) is 0 Å². The van der Waals surface area contributed by atoms with Gasteiger partial charge in [0.1, 0.15) is 5.82 Å². The van der Waals surface area contributed by atoms with Crippen LogP contribution in [-0.2, 0) is 0 Å². The lowest BCUT2D eigenvalue weighted by atomic mass is 10.2. The van der Waals surface area contributed by atoms with Crippen LogP contribution >= 0.6 is 0 Å². The van der Waals surface area contributed by atoms with Crippen LogP contribution in [0, 0.1) is 0 Å². The number of hydrogen-bond acceptors (Lipinski definition) is 4. The first-order valence-corrected chi connectivity index (χ1v) is 5.87. The molecule has 1 aliphatic heterocycles. The van der Waals surface area contributed by atoms with Crippen LogP contribution in [0.15, 0.2) is 18.3 Å². The van der Waals surface area contributed by atoms with E-state index in [0.29, 0.717) is 17.4 Å². The normalized spacial score (nSPS) is 20.4. The summed E-state index contributed by atoms with van der Waals surface area (Å²) in [6, 6.07) is 3.92. The van der Waals surface area contributed by atoms with Crippen LogP contribution in [-0.4, -0.2) is 42.0 Å². The second-order valence-corrected chi connectivity index (χ2v) is 4.42. The van der Waals surface area contributed by atoms with Gasteiger partial charge in [0.2, 0.25) is 0 Å². The number of carbonyl (C=O) groups excluding carboxylic acids is 1. The summed E-state index contributed by atoms with van der Waals surface area (Å²) in [5, 5.41) is 3.21. The first-order valence-electron chi connectivity index (χ1n) is 5.87. The van der Waals surface area contributed by atoms with Crippen LogP contribution in [0.1, 0.15) is 23.2 Å². The van der Waals surface area contributed by atoms with Gasteiger partial charge in [-0.05, 0) is 38.6 Å². The minimum absolute atomic E-state index is 0.444. The number of rotatable bonds is 4. The largest absolute Gasteiger partial charge is 0.368 e. The zero-order valence-corrected chi connectivity index (χ0v) is 10.0. The number of nitrogens with one attached hydrogen (secondary N) is 1. The molecule has 92 valence electrons. The van der Waals surface area contributed by atoms with Crippen molar-refractivity contribution < 1.29 is 4.79 Å². The molecule has 0 bridgehead atoms. The fourth-order valence-electron chi connectivity index (χ4n) is 2.20. The molecule has 2 heterocycles. The number of anilines is 1. The lowest BCUT2D eigenvalue weighted by molar-refractivity contribution is 0.100. The van der Waals surface area contributed by atoms with Gasteiger partial charge in [-0.2, -0.15) is 0 Å². The van der Waals surface area contributed by atoms with E-state index in [1.165, 1.54) is 12.8 Å². The van der Waals surface area contributed by atoms with E-state index in [1.54, 1.807) is 18.3 Å². The fraction of sp³-hybridized carbons (Fsp3) is 0.500. The van der Waals surface area contributed by atoms with Crippen molar-refractivity contribution in [1.82, 2.24) is 9.88 Å². The van der Waals surface area contributed by atoms with Crippen LogP contribution < -0.4 is 11.1 Å². The summed E-state index contributed by atoms with van der Waals surface area (Å²) in [5.41, 5.74) is 5.75. The first kappa shape index (κ1) is 11.9. The molecule has 0 aromatic carbocycles. The molecule has 5 nitrogen and oxygen atoms in total. The monoisotopic (exact) mass is 234 g/mol. The van der Waals surface area contributed by atoms with Gasteiger partial charge in [-0.1, -0.05) is 0 Å². The Balaban J connectivity index is 2.01. The Morgan fingerprint density at radius 2 is 2.53 bits per heavy atom. The van der Waals surface area contributed by atoms with Crippen molar-refractivity contribution in [2.45, 2.75) is 18.9 Å². The zero-order chi connectivity index (χ0) is 12.3. The predicted octanol–water partition coefficient (Wildman–Crippen LogP) is 0.687. The number of amides is 1. The Labute approximate surface area is 101 Å². The van der Waals surface area contributed by atoms with Crippen LogP contribution in [0.5, 0.6) is 0 Å². The molecule has 1 atom stereocenters. The quantitative estimate of drug-likeness (QED) is 0.804. The Morgan fingerprint density at radius 3 is 3.18 bits per heavy atom. The summed E-state index contributed by atoms with van der Waals surface area (Å²) in [5.74, 6) is 0.140. The highest BCUT2D eigenvalue weighted by Crippen LogP contribution is 2.16. The van der Waals surface area contributed by atoms with Gasteiger partial charge in [0.15, 0.2) is 0 Å². The number of likely N-dealkylation sites (tertiary alicyclic amines) is 1. The van der Waals surface area contributed by atoms with Crippen LogP contribution in [0.4, 0.5) is 5.82 Å². The van der Waals surface area contributed by atoms with Crippen LogP contribution in [0.3, 0.4) is 0 Å². The molecule has 1 saturated heterocycles. The predicted molar refractivity (Wildman–Crippen MR) is 66.9 cm³/mol. The third kappa shape index (κ3) is 2.74. The SMILES string of the molecule is CN1CCCC1CNc1ncccc1C(N)=O. The van der Waals surface area contributed by atoms with E-state index in [0.717, 1.165) is 13.1 Å². The molecular formula is C12H18N4O. The summed E-state index contributed by atoms with van der Waals surface area (Å²) in [4.78, 5) is 17.7. The van der Waals surface area contributed by atoms with E-state index in [4.69, 9.17) is 5.73 Å². The second-order valence-electron chi connectivity index (χ2n) is 4.42. The molecule has 0 spiro atoms. The maximum absolute atomic E-state index is 11.2. The highest BCUT2D eigenvalue weighted by molar-refractivity contribution is 5.97. The van der Waals surface area contributed by atoms with Crippen molar-refractivity contribution in [3.05, 3.63) is 23.9 Å².